The van der Waals surface area contributed by atoms with Gasteiger partial charge in [-0.25, -0.2) is 4.79 Å². The maximum atomic E-state index is 12.8. The van der Waals surface area contributed by atoms with Crippen LogP contribution < -0.4 is 0 Å². The Labute approximate surface area is 157 Å². The van der Waals surface area contributed by atoms with Gasteiger partial charge in [0, 0.05) is 18.1 Å². The molecule has 0 radical (unpaired) electrons. The van der Waals surface area contributed by atoms with Crippen molar-refractivity contribution in [3.63, 3.8) is 0 Å². The maximum Gasteiger partial charge on any atom is 0.339 e. The first kappa shape index (κ1) is 18.6. The van der Waals surface area contributed by atoms with Crippen molar-refractivity contribution in [2.24, 2.45) is 0 Å². The van der Waals surface area contributed by atoms with E-state index < -0.39 is 5.97 Å². The van der Waals surface area contributed by atoms with Crippen molar-refractivity contribution >= 4 is 22.8 Å². The number of aryl methyl sites for hydroxylation is 1. The van der Waals surface area contributed by atoms with Crippen LogP contribution in [-0.2, 0) is 22.5 Å². The standard InChI is InChI=1S/C21H22N2O4/c1-4-17-14(2)20(16-9-5-6-10-18(16)22-17)21(25)27-13-19(24)23(3)12-15-8-7-11-26-15/h5-11H,4,12-13H2,1-3H3. The number of rotatable bonds is 6. The lowest BCUT2D eigenvalue weighted by atomic mass is 10.0. The van der Waals surface area contributed by atoms with Crippen molar-refractivity contribution < 1.29 is 18.7 Å². The Morgan fingerprint density at radius 1 is 1.19 bits per heavy atom. The van der Waals surface area contributed by atoms with Crippen LogP contribution in [0.15, 0.2) is 47.1 Å². The zero-order chi connectivity index (χ0) is 19.4. The number of carbonyl (C=O) groups is 2. The van der Waals surface area contributed by atoms with Crippen LogP contribution in [0.1, 0.15) is 34.3 Å². The number of amides is 1. The maximum absolute atomic E-state index is 12.8. The highest BCUT2D eigenvalue weighted by atomic mass is 16.5. The molecule has 6 heteroatoms. The lowest BCUT2D eigenvalue weighted by Crippen LogP contribution is -2.30. The van der Waals surface area contributed by atoms with Crippen LogP contribution in [0.5, 0.6) is 0 Å². The zero-order valence-corrected chi connectivity index (χ0v) is 15.7. The van der Waals surface area contributed by atoms with Crippen molar-refractivity contribution in [2.45, 2.75) is 26.8 Å². The number of ether oxygens (including phenoxy) is 1. The van der Waals surface area contributed by atoms with Crippen LogP contribution in [-0.4, -0.2) is 35.4 Å². The van der Waals surface area contributed by atoms with Crippen LogP contribution in [0.3, 0.4) is 0 Å². The molecule has 3 rings (SSSR count). The van der Waals surface area contributed by atoms with Gasteiger partial charge in [0.1, 0.15) is 5.76 Å². The van der Waals surface area contributed by atoms with Crippen LogP contribution in [0, 0.1) is 6.92 Å². The van der Waals surface area contributed by atoms with E-state index >= 15 is 0 Å². The molecule has 0 spiro atoms. The predicted octanol–water partition coefficient (Wildman–Crippen LogP) is 3.51. The van der Waals surface area contributed by atoms with E-state index in [4.69, 9.17) is 9.15 Å². The number of benzene rings is 1. The second-order valence-corrected chi connectivity index (χ2v) is 6.33. The van der Waals surface area contributed by atoms with Gasteiger partial charge in [0.2, 0.25) is 0 Å². The number of pyridine rings is 1. The van der Waals surface area contributed by atoms with E-state index in [1.807, 2.05) is 38.1 Å². The molecule has 0 saturated heterocycles. The summed E-state index contributed by atoms with van der Waals surface area (Å²) in [5.41, 5.74) is 2.85. The zero-order valence-electron chi connectivity index (χ0n) is 15.7. The Bertz CT molecular complexity index is 964. The van der Waals surface area contributed by atoms with E-state index in [0.717, 1.165) is 22.2 Å². The van der Waals surface area contributed by atoms with Crippen LogP contribution in [0.2, 0.25) is 0 Å². The Morgan fingerprint density at radius 2 is 1.96 bits per heavy atom. The second kappa shape index (κ2) is 8.03. The molecule has 0 aliphatic carbocycles. The topological polar surface area (TPSA) is 72.6 Å². The number of furan rings is 1. The van der Waals surface area contributed by atoms with E-state index in [1.54, 1.807) is 25.4 Å². The van der Waals surface area contributed by atoms with E-state index in [0.29, 0.717) is 24.3 Å². The fourth-order valence-electron chi connectivity index (χ4n) is 3.00. The summed E-state index contributed by atoms with van der Waals surface area (Å²) in [6, 6.07) is 11.0. The fraction of sp³-hybridized carbons (Fsp3) is 0.286. The average Bonchev–Trinajstić information content (AvgIpc) is 3.18. The minimum absolute atomic E-state index is 0.300. The lowest BCUT2D eigenvalue weighted by molar-refractivity contribution is -0.133. The van der Waals surface area contributed by atoms with Crippen LogP contribution >= 0.6 is 0 Å². The van der Waals surface area contributed by atoms with Crippen molar-refractivity contribution in [1.82, 2.24) is 9.88 Å². The van der Waals surface area contributed by atoms with E-state index in [9.17, 15) is 9.59 Å². The van der Waals surface area contributed by atoms with Gasteiger partial charge < -0.3 is 14.1 Å². The number of carbonyl (C=O) groups excluding carboxylic acids is 2. The number of para-hydroxylation sites is 1. The number of nitrogens with zero attached hydrogens (tertiary/aromatic N) is 2. The molecule has 3 aromatic rings. The molecule has 140 valence electrons. The molecule has 0 aliphatic heterocycles. The molecule has 0 bridgehead atoms. The number of aromatic nitrogens is 1. The molecule has 0 atom stereocenters. The molecular weight excluding hydrogens is 344 g/mol. The molecule has 0 saturated carbocycles. The average molecular weight is 366 g/mol. The Kier molecular flexibility index (Phi) is 5.54. The number of fused-ring (bicyclic) bond motifs is 1. The highest BCUT2D eigenvalue weighted by molar-refractivity contribution is 6.05. The molecule has 27 heavy (non-hydrogen) atoms. The first-order chi connectivity index (χ1) is 13.0. The summed E-state index contributed by atoms with van der Waals surface area (Å²) >= 11 is 0. The van der Waals surface area contributed by atoms with Crippen LogP contribution in [0.4, 0.5) is 0 Å². The molecule has 0 fully saturated rings. The van der Waals surface area contributed by atoms with Gasteiger partial charge in [0.05, 0.1) is 23.9 Å². The van der Waals surface area contributed by atoms with Gasteiger partial charge in [0.25, 0.3) is 5.91 Å². The van der Waals surface area contributed by atoms with Crippen molar-refractivity contribution in [2.75, 3.05) is 13.7 Å². The number of esters is 1. The molecule has 2 aromatic heterocycles. The largest absolute Gasteiger partial charge is 0.467 e. The van der Waals surface area contributed by atoms with Gasteiger partial charge in [-0.3, -0.25) is 9.78 Å². The Hall–Kier alpha value is -3.15. The lowest BCUT2D eigenvalue weighted by Gasteiger charge is -2.17. The summed E-state index contributed by atoms with van der Waals surface area (Å²) < 4.78 is 10.6. The third kappa shape index (κ3) is 4.00. The Balaban J connectivity index is 1.76. The highest BCUT2D eigenvalue weighted by Crippen LogP contribution is 2.24. The number of hydrogen-bond acceptors (Lipinski definition) is 5. The third-order valence-electron chi connectivity index (χ3n) is 4.50. The quantitative estimate of drug-likeness (QED) is 0.624. The van der Waals surface area contributed by atoms with Gasteiger partial charge >= 0.3 is 5.97 Å². The second-order valence-electron chi connectivity index (χ2n) is 6.33. The molecule has 1 amide bonds. The van der Waals surface area contributed by atoms with Crippen molar-refractivity contribution in [1.29, 1.82) is 0 Å². The summed E-state index contributed by atoms with van der Waals surface area (Å²) in [6.07, 6.45) is 2.26. The summed E-state index contributed by atoms with van der Waals surface area (Å²) in [6.45, 7) is 3.85. The number of likely N-dealkylation sites (N-methyl/N-ethyl adjacent to an activating group) is 1. The van der Waals surface area contributed by atoms with Gasteiger partial charge in [-0.05, 0) is 37.1 Å². The van der Waals surface area contributed by atoms with E-state index in [1.165, 1.54) is 4.90 Å². The first-order valence-electron chi connectivity index (χ1n) is 8.83. The van der Waals surface area contributed by atoms with Gasteiger partial charge in [-0.2, -0.15) is 0 Å². The summed E-state index contributed by atoms with van der Waals surface area (Å²) in [7, 11) is 1.64. The third-order valence-corrected chi connectivity index (χ3v) is 4.50. The molecule has 2 heterocycles. The van der Waals surface area contributed by atoms with Gasteiger partial charge in [-0.1, -0.05) is 25.1 Å². The molecular formula is C21H22N2O4. The monoisotopic (exact) mass is 366 g/mol. The normalized spacial score (nSPS) is 10.8. The molecule has 6 nitrogen and oxygen atoms in total. The molecule has 0 N–H and O–H groups in total. The molecule has 1 aromatic carbocycles. The summed E-state index contributed by atoms with van der Waals surface area (Å²) in [5.74, 6) is -0.146. The minimum atomic E-state index is -0.513. The summed E-state index contributed by atoms with van der Waals surface area (Å²) in [5, 5.41) is 0.730. The predicted molar refractivity (Wildman–Crippen MR) is 101 cm³/mol. The minimum Gasteiger partial charge on any atom is -0.467 e. The molecule has 0 aliphatic rings. The van der Waals surface area contributed by atoms with E-state index in [-0.39, 0.29) is 12.5 Å². The Morgan fingerprint density at radius 3 is 2.67 bits per heavy atom. The fourth-order valence-corrected chi connectivity index (χ4v) is 3.00. The summed E-state index contributed by atoms with van der Waals surface area (Å²) in [4.78, 5) is 31.1. The highest BCUT2D eigenvalue weighted by Gasteiger charge is 2.20. The van der Waals surface area contributed by atoms with Gasteiger partial charge in [0.15, 0.2) is 6.61 Å². The number of hydrogen-bond donors (Lipinski definition) is 0. The van der Waals surface area contributed by atoms with Gasteiger partial charge in [-0.15, -0.1) is 0 Å². The van der Waals surface area contributed by atoms with Crippen molar-refractivity contribution in [3.8, 4) is 0 Å². The van der Waals surface area contributed by atoms with E-state index in [2.05, 4.69) is 4.98 Å². The van der Waals surface area contributed by atoms with Crippen LogP contribution in [0.25, 0.3) is 10.9 Å². The van der Waals surface area contributed by atoms with Crippen molar-refractivity contribution in [3.05, 3.63) is 65.2 Å². The molecule has 0 unspecified atom stereocenters. The smallest absolute Gasteiger partial charge is 0.339 e. The first-order valence-corrected chi connectivity index (χ1v) is 8.83. The SMILES string of the molecule is CCc1nc2ccccc2c(C(=O)OCC(=O)N(C)Cc2ccco2)c1C.